The van der Waals surface area contributed by atoms with Crippen molar-refractivity contribution in [2.45, 2.75) is 31.7 Å². The average molecular weight is 589 g/mol. The van der Waals surface area contributed by atoms with Gasteiger partial charge in [-0.25, -0.2) is 4.68 Å². The Kier molecular flexibility index (Phi) is 6.47. The molecule has 3 N–H and O–H groups in total. The minimum atomic E-state index is -4.74. The fraction of sp³-hybridized carbons (Fsp3) is 0.258. The molecular formula is C31H27F3N6O3. The number of nitrogens with zero attached hydrogens (tertiary/aromatic N) is 5. The molecule has 2 aromatic heterocycles. The lowest BCUT2D eigenvalue weighted by molar-refractivity contribution is -0.141. The molecule has 1 fully saturated rings. The van der Waals surface area contributed by atoms with E-state index in [2.05, 4.69) is 21.2 Å². The van der Waals surface area contributed by atoms with Gasteiger partial charge in [0.15, 0.2) is 17.1 Å². The Morgan fingerprint density at radius 3 is 2.53 bits per heavy atom. The van der Waals surface area contributed by atoms with Crippen LogP contribution >= 0.6 is 0 Å². The van der Waals surface area contributed by atoms with E-state index in [9.17, 15) is 23.1 Å². The minimum Gasteiger partial charge on any atom is -0.392 e. The maximum Gasteiger partial charge on any atom is 0.435 e. The van der Waals surface area contributed by atoms with Gasteiger partial charge in [0, 0.05) is 37.4 Å². The fourth-order valence-electron chi connectivity index (χ4n) is 6.06. The zero-order chi connectivity index (χ0) is 29.9. The van der Waals surface area contributed by atoms with Gasteiger partial charge in [-0.15, -0.1) is 0 Å². The number of nitrogens with two attached hydrogens (primary N) is 1. The number of alkyl halides is 3. The highest BCUT2D eigenvalue weighted by molar-refractivity contribution is 6.08. The van der Waals surface area contributed by atoms with E-state index >= 15 is 0 Å². The normalized spacial score (nSPS) is 17.6. The number of carbonyl (C=O) groups is 1. The van der Waals surface area contributed by atoms with Gasteiger partial charge in [-0.1, -0.05) is 41.6 Å². The maximum absolute atomic E-state index is 14.0. The molecule has 0 aliphatic carbocycles. The van der Waals surface area contributed by atoms with Crippen LogP contribution in [0.25, 0.3) is 27.8 Å². The molecule has 5 aromatic rings. The molecule has 9 nitrogen and oxygen atoms in total. The van der Waals surface area contributed by atoms with Crippen molar-refractivity contribution in [3.8, 4) is 16.8 Å². The maximum atomic E-state index is 14.0. The number of hydrogen-bond donors (Lipinski definition) is 2. The van der Waals surface area contributed by atoms with Crippen LogP contribution in [-0.2, 0) is 19.1 Å². The molecule has 1 saturated heterocycles. The van der Waals surface area contributed by atoms with Gasteiger partial charge < -0.3 is 20.3 Å². The zero-order valence-electron chi connectivity index (χ0n) is 22.9. The number of aliphatic hydroxyl groups is 1. The Hall–Kier alpha value is -4.68. The predicted octanol–water partition coefficient (Wildman–Crippen LogP) is 5.05. The molecule has 2 aliphatic heterocycles. The first kappa shape index (κ1) is 27.2. The number of aliphatic hydroxyl groups excluding tert-OH is 1. The number of anilines is 2. The highest BCUT2D eigenvalue weighted by Crippen LogP contribution is 2.38. The van der Waals surface area contributed by atoms with Gasteiger partial charge in [-0.2, -0.15) is 18.3 Å². The second kappa shape index (κ2) is 10.2. The first-order valence-electron chi connectivity index (χ1n) is 13.9. The third-order valence-electron chi connectivity index (χ3n) is 8.16. The largest absolute Gasteiger partial charge is 0.435 e. The van der Waals surface area contributed by atoms with Gasteiger partial charge in [-0.3, -0.25) is 9.69 Å². The third kappa shape index (κ3) is 4.82. The molecule has 0 bridgehead atoms. The van der Waals surface area contributed by atoms with E-state index < -0.39 is 17.8 Å². The standard InChI is InChI=1S/C31H27F3N6O3/c32-31(33,34)28-24-12-14-39(30(42)27(24)40(36-28)21-9-10-26-25(15-21)29(35)37-43-26)20-7-5-18(6-8-20)23-4-2-1-3-19(23)16-38-13-11-22(41)17-38/h1-10,15,22,41H,11-14,16-17H2,(H2,35,37)/t22-/m0/s1. The van der Waals surface area contributed by atoms with Crippen LogP contribution in [-0.4, -0.2) is 56.6 Å². The number of β-amino-alcohol motifs (C(OH)–C–C–N with tert-alkyl or cyclic N) is 1. The highest BCUT2D eigenvalue weighted by atomic mass is 19.4. The van der Waals surface area contributed by atoms with Crippen molar-refractivity contribution in [2.24, 2.45) is 0 Å². The number of rotatable bonds is 5. The Morgan fingerprint density at radius 1 is 1.02 bits per heavy atom. The van der Waals surface area contributed by atoms with Crippen LogP contribution in [0.1, 0.15) is 33.7 Å². The summed E-state index contributed by atoms with van der Waals surface area (Å²) >= 11 is 0. The summed E-state index contributed by atoms with van der Waals surface area (Å²) in [5.74, 6) is -0.495. The lowest BCUT2D eigenvalue weighted by atomic mass is 9.98. The van der Waals surface area contributed by atoms with Crippen LogP contribution in [0.5, 0.6) is 0 Å². The summed E-state index contributed by atoms with van der Waals surface area (Å²) < 4.78 is 48.3. The predicted molar refractivity (Wildman–Crippen MR) is 154 cm³/mol. The number of nitrogen functional groups attached to an aromatic ring is 1. The Labute approximate surface area is 243 Å². The van der Waals surface area contributed by atoms with E-state index in [0.717, 1.165) is 34.3 Å². The summed E-state index contributed by atoms with van der Waals surface area (Å²) in [6.45, 7) is 2.26. The molecule has 4 heterocycles. The molecule has 1 atom stereocenters. The van der Waals surface area contributed by atoms with Gasteiger partial charge in [-0.05, 0) is 59.9 Å². The molecule has 0 saturated carbocycles. The molecule has 3 aromatic carbocycles. The number of likely N-dealkylation sites (tertiary alicyclic amines) is 1. The lowest BCUT2D eigenvalue weighted by Crippen LogP contribution is -2.39. The summed E-state index contributed by atoms with van der Waals surface area (Å²) in [5, 5.41) is 17.9. The molecule has 43 heavy (non-hydrogen) atoms. The third-order valence-corrected chi connectivity index (χ3v) is 8.16. The van der Waals surface area contributed by atoms with Crippen molar-refractivity contribution < 1.29 is 27.6 Å². The smallest absolute Gasteiger partial charge is 0.392 e. The van der Waals surface area contributed by atoms with Gasteiger partial charge in [0.25, 0.3) is 5.91 Å². The van der Waals surface area contributed by atoms with E-state index in [4.69, 9.17) is 10.3 Å². The number of carbonyl (C=O) groups excluding carboxylic acids is 1. The van der Waals surface area contributed by atoms with E-state index in [1.54, 1.807) is 0 Å². The van der Waals surface area contributed by atoms with Crippen molar-refractivity contribution in [3.05, 3.63) is 89.2 Å². The quantitative estimate of drug-likeness (QED) is 0.295. The fourth-order valence-corrected chi connectivity index (χ4v) is 6.06. The number of fused-ring (bicyclic) bond motifs is 2. The Balaban J connectivity index is 1.22. The van der Waals surface area contributed by atoms with Crippen LogP contribution < -0.4 is 10.6 Å². The van der Waals surface area contributed by atoms with Crippen molar-refractivity contribution in [1.82, 2.24) is 19.8 Å². The number of aromatic nitrogens is 3. The second-order valence-corrected chi connectivity index (χ2v) is 10.9. The number of benzene rings is 3. The van der Waals surface area contributed by atoms with Gasteiger partial charge in [0.2, 0.25) is 0 Å². The average Bonchev–Trinajstić information content (AvgIpc) is 3.70. The van der Waals surface area contributed by atoms with Gasteiger partial charge >= 0.3 is 6.18 Å². The molecule has 0 unspecified atom stereocenters. The summed E-state index contributed by atoms with van der Waals surface area (Å²) in [4.78, 5) is 17.6. The van der Waals surface area contributed by atoms with Crippen LogP contribution in [0, 0.1) is 0 Å². The Morgan fingerprint density at radius 2 is 1.79 bits per heavy atom. The molecule has 0 radical (unpaired) electrons. The zero-order valence-corrected chi connectivity index (χ0v) is 22.9. The molecule has 7 rings (SSSR count). The van der Waals surface area contributed by atoms with Crippen LogP contribution in [0.3, 0.4) is 0 Å². The summed E-state index contributed by atoms with van der Waals surface area (Å²) in [7, 11) is 0. The van der Waals surface area contributed by atoms with E-state index in [-0.39, 0.29) is 41.8 Å². The summed E-state index contributed by atoms with van der Waals surface area (Å²) in [6, 6.07) is 20.0. The number of halogens is 3. The minimum absolute atomic E-state index is 0.0141. The molecule has 2 aliphatic rings. The summed E-state index contributed by atoms with van der Waals surface area (Å²) in [6.07, 6.45) is -4.30. The lowest BCUT2D eigenvalue weighted by Gasteiger charge is -2.28. The highest BCUT2D eigenvalue weighted by Gasteiger charge is 2.43. The first-order valence-corrected chi connectivity index (χ1v) is 13.9. The van der Waals surface area contributed by atoms with Gasteiger partial charge in [0.1, 0.15) is 5.69 Å². The molecule has 220 valence electrons. The van der Waals surface area contributed by atoms with E-state index in [1.165, 1.54) is 23.1 Å². The number of amides is 1. The topological polar surface area (TPSA) is 114 Å². The molecule has 0 spiro atoms. The van der Waals surface area contributed by atoms with Gasteiger partial charge in [0.05, 0.1) is 17.2 Å². The molecular weight excluding hydrogens is 561 g/mol. The van der Waals surface area contributed by atoms with Crippen molar-refractivity contribution in [2.75, 3.05) is 30.3 Å². The monoisotopic (exact) mass is 588 g/mol. The molecule has 12 heteroatoms. The Bertz CT molecular complexity index is 1850. The number of hydrogen-bond acceptors (Lipinski definition) is 7. The van der Waals surface area contributed by atoms with Crippen LogP contribution in [0.2, 0.25) is 0 Å². The van der Waals surface area contributed by atoms with Crippen molar-refractivity contribution >= 4 is 28.4 Å². The van der Waals surface area contributed by atoms with Crippen molar-refractivity contribution in [1.29, 1.82) is 0 Å². The first-order chi connectivity index (χ1) is 20.7. The van der Waals surface area contributed by atoms with E-state index in [0.29, 0.717) is 29.7 Å². The van der Waals surface area contributed by atoms with Crippen LogP contribution in [0.15, 0.2) is 71.3 Å². The molecule has 1 amide bonds. The summed E-state index contributed by atoms with van der Waals surface area (Å²) in [5.41, 5.74) is 8.80. The van der Waals surface area contributed by atoms with Crippen LogP contribution in [0.4, 0.5) is 24.7 Å². The SMILES string of the molecule is Nc1noc2ccc(-n3nc(C(F)(F)F)c4c3C(=O)N(c3ccc(-c5ccccc5CN5CC[C@H](O)C5)cc3)CC4)cc12. The van der Waals surface area contributed by atoms with Crippen molar-refractivity contribution in [3.63, 3.8) is 0 Å². The van der Waals surface area contributed by atoms with E-state index in [1.807, 2.05) is 42.5 Å². The second-order valence-electron chi connectivity index (χ2n) is 10.9.